The van der Waals surface area contributed by atoms with Gasteiger partial charge >= 0.3 is 11.8 Å². The molecule has 0 aliphatic heterocycles. The first-order chi connectivity index (χ1) is 13.6. The molecule has 0 bridgehead atoms. The van der Waals surface area contributed by atoms with Crippen molar-refractivity contribution in [2.75, 3.05) is 29.6 Å². The van der Waals surface area contributed by atoms with E-state index in [-0.39, 0.29) is 10.8 Å². The Balaban J connectivity index is 2.19. The molecule has 0 spiro atoms. The summed E-state index contributed by atoms with van der Waals surface area (Å²) in [5, 5.41) is 22.0. The van der Waals surface area contributed by atoms with Crippen molar-refractivity contribution in [3.63, 3.8) is 0 Å². The van der Waals surface area contributed by atoms with Crippen molar-refractivity contribution in [2.24, 2.45) is 0 Å². The number of rotatable bonds is 8. The van der Waals surface area contributed by atoms with Crippen LogP contribution in [-0.2, 0) is 0 Å². The van der Waals surface area contributed by atoms with Gasteiger partial charge in [-0.15, -0.1) is 10.2 Å². The van der Waals surface area contributed by atoms with Crippen molar-refractivity contribution >= 4 is 39.4 Å². The van der Waals surface area contributed by atoms with Crippen LogP contribution in [0.5, 0.6) is 5.75 Å². The normalized spacial score (nSPS) is 11.7. The highest BCUT2D eigenvalue weighted by Crippen LogP contribution is 2.25. The Morgan fingerprint density at radius 1 is 1.34 bits per heavy atom. The summed E-state index contributed by atoms with van der Waals surface area (Å²) in [7, 11) is 1.08. The van der Waals surface area contributed by atoms with Crippen molar-refractivity contribution in [1.82, 2.24) is 10.2 Å². The van der Waals surface area contributed by atoms with Crippen molar-refractivity contribution in [1.29, 1.82) is 5.41 Å². The van der Waals surface area contributed by atoms with E-state index < -0.39 is 35.8 Å². The number of ether oxygens (including phenoxy) is 1. The summed E-state index contributed by atoms with van der Waals surface area (Å²) >= 11 is 0.950. The summed E-state index contributed by atoms with van der Waals surface area (Å²) in [5.74, 6) is -1.97. The second-order valence-electron chi connectivity index (χ2n) is 5.32. The zero-order chi connectivity index (χ0) is 21.6. The summed E-state index contributed by atoms with van der Waals surface area (Å²) in [6.07, 6.45) is -2.01. The van der Waals surface area contributed by atoms with E-state index in [2.05, 4.69) is 20.8 Å². The molecule has 156 valence electrons. The molecule has 2 aromatic heterocycles. The van der Waals surface area contributed by atoms with Gasteiger partial charge < -0.3 is 25.2 Å². The molecule has 1 amide bonds. The van der Waals surface area contributed by atoms with Crippen LogP contribution in [0.15, 0.2) is 27.1 Å². The first-order valence-electron chi connectivity index (χ1n) is 7.75. The van der Waals surface area contributed by atoms with Crippen LogP contribution in [0.1, 0.15) is 17.5 Å². The Labute approximate surface area is 165 Å². The van der Waals surface area contributed by atoms with E-state index in [1.165, 1.54) is 6.08 Å². The SMILES string of the molecule is COc1c(NCC(F)(F)F)cc(C(=O)Nc2nnc(N/C(C)=C\C=N)s2)oc1=O. The molecule has 0 saturated carbocycles. The predicted molar refractivity (Wildman–Crippen MR) is 100 cm³/mol. The fourth-order valence-electron chi connectivity index (χ4n) is 1.93. The van der Waals surface area contributed by atoms with Crippen molar-refractivity contribution in [3.05, 3.63) is 34.0 Å². The highest BCUT2D eigenvalue weighted by Gasteiger charge is 2.28. The summed E-state index contributed by atoms with van der Waals surface area (Å²) in [6, 6.07) is 0.915. The third kappa shape index (κ3) is 6.31. The van der Waals surface area contributed by atoms with Crippen molar-refractivity contribution in [3.8, 4) is 5.75 Å². The van der Waals surface area contributed by atoms with Gasteiger partial charge in [0.2, 0.25) is 16.0 Å². The fraction of sp³-hybridized carbons (Fsp3) is 0.267. The second kappa shape index (κ2) is 9.18. The van der Waals surface area contributed by atoms with Gasteiger partial charge in [-0.2, -0.15) is 13.2 Å². The maximum atomic E-state index is 12.4. The molecule has 14 heteroatoms. The Hall–Kier alpha value is -3.42. The number of hydrogen-bond acceptors (Lipinski definition) is 10. The zero-order valence-corrected chi connectivity index (χ0v) is 15.8. The monoisotopic (exact) mass is 432 g/mol. The molecule has 2 aromatic rings. The number of allylic oxidation sites excluding steroid dienone is 2. The van der Waals surface area contributed by atoms with E-state index in [1.807, 2.05) is 5.32 Å². The molecule has 0 aliphatic carbocycles. The largest absolute Gasteiger partial charge is 0.488 e. The lowest BCUT2D eigenvalue weighted by molar-refractivity contribution is -0.115. The van der Waals surface area contributed by atoms with Gasteiger partial charge in [0.1, 0.15) is 6.54 Å². The lowest BCUT2D eigenvalue weighted by Gasteiger charge is -2.12. The third-order valence-corrected chi connectivity index (χ3v) is 3.85. The Morgan fingerprint density at radius 2 is 2.00 bits per heavy atom. The number of halogens is 3. The molecule has 2 rings (SSSR count). The fourth-order valence-corrected chi connectivity index (χ4v) is 2.63. The molecule has 29 heavy (non-hydrogen) atoms. The summed E-state index contributed by atoms with van der Waals surface area (Å²) in [5.41, 5.74) is -0.870. The molecular weight excluding hydrogens is 417 g/mol. The van der Waals surface area contributed by atoms with Gasteiger partial charge in [0, 0.05) is 18.0 Å². The number of aromatic nitrogens is 2. The average Bonchev–Trinajstić information content (AvgIpc) is 3.05. The van der Waals surface area contributed by atoms with Crippen LogP contribution < -0.4 is 26.3 Å². The van der Waals surface area contributed by atoms with E-state index in [4.69, 9.17) is 14.6 Å². The van der Waals surface area contributed by atoms with E-state index in [0.717, 1.165) is 30.7 Å². The molecule has 0 saturated heterocycles. The van der Waals surface area contributed by atoms with Gasteiger partial charge in [-0.3, -0.25) is 10.1 Å². The molecule has 0 radical (unpaired) electrons. The number of hydrogen-bond donors (Lipinski definition) is 4. The summed E-state index contributed by atoms with van der Waals surface area (Å²) in [6.45, 7) is 0.244. The van der Waals surface area contributed by atoms with E-state index in [9.17, 15) is 22.8 Å². The number of nitrogens with one attached hydrogen (secondary N) is 4. The first-order valence-corrected chi connectivity index (χ1v) is 8.56. The predicted octanol–water partition coefficient (Wildman–Crippen LogP) is 2.69. The van der Waals surface area contributed by atoms with Crippen LogP contribution in [0.2, 0.25) is 0 Å². The van der Waals surface area contributed by atoms with Crippen LogP contribution in [0, 0.1) is 5.41 Å². The van der Waals surface area contributed by atoms with E-state index in [1.54, 1.807) is 6.92 Å². The number of carbonyl (C=O) groups excluding carboxylic acids is 1. The van der Waals surface area contributed by atoms with Gasteiger partial charge in [-0.1, -0.05) is 11.3 Å². The second-order valence-corrected chi connectivity index (χ2v) is 6.30. The number of methoxy groups -OCH3 is 1. The van der Waals surface area contributed by atoms with E-state index >= 15 is 0 Å². The number of anilines is 3. The average molecular weight is 432 g/mol. The Bertz CT molecular complexity index is 985. The van der Waals surface area contributed by atoms with Crippen LogP contribution in [-0.4, -0.2) is 42.1 Å². The molecule has 0 aromatic carbocycles. The molecule has 0 unspecified atom stereocenters. The number of amides is 1. The highest BCUT2D eigenvalue weighted by molar-refractivity contribution is 7.19. The molecule has 2 heterocycles. The van der Waals surface area contributed by atoms with Crippen LogP contribution in [0.25, 0.3) is 0 Å². The molecular formula is C15H15F3N6O4S. The van der Waals surface area contributed by atoms with Crippen LogP contribution in [0.4, 0.5) is 29.1 Å². The Morgan fingerprint density at radius 3 is 2.59 bits per heavy atom. The van der Waals surface area contributed by atoms with Gasteiger partial charge in [0.15, 0.2) is 5.76 Å². The topological polar surface area (TPSA) is 142 Å². The zero-order valence-electron chi connectivity index (χ0n) is 15.0. The summed E-state index contributed by atoms with van der Waals surface area (Å²) in [4.78, 5) is 24.2. The van der Waals surface area contributed by atoms with Gasteiger partial charge in [0.05, 0.1) is 12.8 Å². The van der Waals surface area contributed by atoms with Gasteiger partial charge in [-0.25, -0.2) is 4.79 Å². The minimum absolute atomic E-state index is 0.0448. The molecule has 0 atom stereocenters. The maximum absolute atomic E-state index is 12.4. The van der Waals surface area contributed by atoms with Crippen LogP contribution >= 0.6 is 11.3 Å². The maximum Gasteiger partial charge on any atom is 0.405 e. The number of alkyl halides is 3. The number of nitrogens with zero attached hydrogens (tertiary/aromatic N) is 2. The minimum Gasteiger partial charge on any atom is -0.488 e. The lowest BCUT2D eigenvalue weighted by Crippen LogP contribution is -2.23. The highest BCUT2D eigenvalue weighted by atomic mass is 32.1. The molecule has 4 N–H and O–H groups in total. The standard InChI is InChI=1S/C15H15F3N6O4S/c1-7(3-4-19)21-13-23-24-14(29-13)22-11(25)9-5-8(20-6-15(16,17)18)10(27-2)12(26)28-9/h3-5,19-20H,6H2,1-2H3,(H,21,23)(H,22,24,25)/b7-3-,19-4?. The first kappa shape index (κ1) is 21.9. The molecule has 10 nitrogen and oxygen atoms in total. The number of carbonyl (C=O) groups is 1. The quantitative estimate of drug-likeness (QED) is 0.467. The van der Waals surface area contributed by atoms with Gasteiger partial charge in [-0.05, 0) is 13.0 Å². The third-order valence-electron chi connectivity index (χ3n) is 3.10. The molecule has 0 fully saturated rings. The smallest absolute Gasteiger partial charge is 0.405 e. The van der Waals surface area contributed by atoms with Crippen molar-refractivity contribution in [2.45, 2.75) is 13.1 Å². The van der Waals surface area contributed by atoms with Gasteiger partial charge in [0.25, 0.3) is 5.91 Å². The van der Waals surface area contributed by atoms with Crippen LogP contribution in [0.3, 0.4) is 0 Å². The Kier molecular flexibility index (Phi) is 6.93. The molecule has 0 aliphatic rings. The van der Waals surface area contributed by atoms with E-state index in [0.29, 0.717) is 10.8 Å². The summed E-state index contributed by atoms with van der Waals surface area (Å²) < 4.78 is 46.9. The minimum atomic E-state index is -4.55. The lowest BCUT2D eigenvalue weighted by atomic mass is 10.3. The van der Waals surface area contributed by atoms with Crippen molar-refractivity contribution < 1.29 is 27.1 Å².